The van der Waals surface area contributed by atoms with E-state index in [1.54, 1.807) is 0 Å². The van der Waals surface area contributed by atoms with Crippen LogP contribution in [-0.2, 0) is 5.75 Å². The van der Waals surface area contributed by atoms with E-state index in [9.17, 15) is 9.90 Å². The Balaban J connectivity index is 2.66. The lowest BCUT2D eigenvalue weighted by Crippen LogP contribution is -2.22. The molecule has 2 N–H and O–H groups in total. The topological polar surface area (TPSA) is 79.0 Å². The summed E-state index contributed by atoms with van der Waals surface area (Å²) in [5.41, 5.74) is 6.98. The number of carboxylic acids is 1. The number of rotatable bonds is 3. The molecule has 88 valence electrons. The molecule has 0 aliphatic rings. The molecule has 0 amide bonds. The van der Waals surface area contributed by atoms with E-state index in [1.165, 1.54) is 0 Å². The molecule has 17 heavy (non-hydrogen) atoms. The van der Waals surface area contributed by atoms with Gasteiger partial charge >= 0.3 is 5.13 Å². The molecule has 0 saturated heterocycles. The summed E-state index contributed by atoms with van der Waals surface area (Å²) in [6.45, 7) is 1.89. The van der Waals surface area contributed by atoms with Gasteiger partial charge in [0, 0.05) is 16.0 Å². The first kappa shape index (κ1) is 11.6. The minimum atomic E-state index is -1.18. The molecule has 5 heteroatoms. The maximum atomic E-state index is 11.2. The van der Waals surface area contributed by atoms with Gasteiger partial charge in [-0.2, -0.15) is 4.98 Å². The van der Waals surface area contributed by atoms with Crippen LogP contribution in [0.5, 0.6) is 0 Å². The second-order valence-corrected chi connectivity index (χ2v) is 5.65. The Hall–Kier alpha value is -1.88. The van der Waals surface area contributed by atoms with Crippen molar-refractivity contribution in [3.05, 3.63) is 35.2 Å². The highest BCUT2D eigenvalue weighted by Gasteiger charge is 2.27. The summed E-state index contributed by atoms with van der Waals surface area (Å²) < 4.78 is 0. The lowest BCUT2D eigenvalue weighted by molar-refractivity contribution is -0.254. The average molecular weight is 248 g/mol. The molecule has 0 spiro atoms. The van der Waals surface area contributed by atoms with E-state index in [-0.39, 0.29) is 4.88 Å². The van der Waals surface area contributed by atoms with E-state index in [0.29, 0.717) is 16.6 Å². The molecule has 0 aliphatic carbocycles. The van der Waals surface area contributed by atoms with Crippen molar-refractivity contribution in [2.75, 3.05) is 5.73 Å². The fourth-order valence-electron chi connectivity index (χ4n) is 1.72. The number of hydrogen-bond donors (Lipinski definition) is 1. The number of aromatic carboxylic acids is 1. The van der Waals surface area contributed by atoms with Crippen molar-refractivity contribution in [2.24, 2.45) is 0 Å². The summed E-state index contributed by atoms with van der Waals surface area (Å²) in [7, 11) is -0.632. The molecule has 0 bridgehead atoms. The number of nitrogen functional groups attached to an aromatic ring is 1. The highest BCUT2D eigenvalue weighted by atomic mass is 32.2. The fraction of sp³-hybridized carbons (Fsp3) is 0.167. The Morgan fingerprint density at radius 1 is 1.41 bits per heavy atom. The van der Waals surface area contributed by atoms with Gasteiger partial charge in [0.15, 0.2) is 0 Å². The van der Waals surface area contributed by atoms with Crippen molar-refractivity contribution in [3.63, 3.8) is 0 Å². The molecule has 2 rings (SSSR count). The van der Waals surface area contributed by atoms with Gasteiger partial charge in [-0.25, -0.2) is 0 Å². The van der Waals surface area contributed by atoms with Crippen LogP contribution in [0.1, 0.15) is 16.6 Å². The number of nitrogens with two attached hydrogens (primary N) is 1. The SMILES string of the molecule is CC[s+]1c(N)nc(-c2ccccc2)c1C(=O)[O-]. The molecule has 0 radical (unpaired) electrons. The number of carbonyl (C=O) groups excluding carboxylic acids is 1. The summed E-state index contributed by atoms with van der Waals surface area (Å²) in [5.74, 6) is -0.548. The van der Waals surface area contributed by atoms with Gasteiger partial charge in [-0.1, -0.05) is 30.3 Å². The standard InChI is InChI=1S/C12H12N2O2S/c1-2-17-10(11(15)16)9(14-12(17)13)8-6-4-3-5-7-8/h3-7H,2H2,1H3,(H2-,13,14,15,16). The number of benzene rings is 1. The van der Waals surface area contributed by atoms with Gasteiger partial charge in [-0.3, -0.25) is 0 Å². The van der Waals surface area contributed by atoms with Crippen LogP contribution in [0, 0.1) is 0 Å². The van der Waals surface area contributed by atoms with Crippen LogP contribution in [-0.4, -0.2) is 11.0 Å². The number of anilines is 1. The van der Waals surface area contributed by atoms with E-state index in [1.807, 2.05) is 37.3 Å². The molecule has 4 nitrogen and oxygen atoms in total. The molecule has 1 heterocycles. The van der Waals surface area contributed by atoms with E-state index in [4.69, 9.17) is 5.73 Å². The average Bonchev–Trinajstić information content (AvgIpc) is 2.67. The van der Waals surface area contributed by atoms with Crippen molar-refractivity contribution in [2.45, 2.75) is 12.7 Å². The van der Waals surface area contributed by atoms with Crippen LogP contribution >= 0.6 is 10.5 Å². The monoisotopic (exact) mass is 248 g/mol. The van der Waals surface area contributed by atoms with Crippen molar-refractivity contribution in [1.29, 1.82) is 0 Å². The van der Waals surface area contributed by atoms with Crippen LogP contribution in [0.3, 0.4) is 0 Å². The minimum absolute atomic E-state index is 0.219. The van der Waals surface area contributed by atoms with Crippen molar-refractivity contribution in [3.8, 4) is 11.3 Å². The lowest BCUT2D eigenvalue weighted by Gasteiger charge is -1.99. The van der Waals surface area contributed by atoms with Crippen molar-refractivity contribution in [1.82, 2.24) is 4.98 Å². The van der Waals surface area contributed by atoms with E-state index >= 15 is 0 Å². The molecular formula is C12H12N2O2S. The summed E-state index contributed by atoms with van der Waals surface area (Å²) in [4.78, 5) is 15.6. The predicted molar refractivity (Wildman–Crippen MR) is 66.6 cm³/mol. The Bertz CT molecular complexity index is 549. The van der Waals surface area contributed by atoms with Gasteiger partial charge < -0.3 is 15.6 Å². The number of hydrogen-bond acceptors (Lipinski definition) is 4. The molecule has 0 fully saturated rings. The highest BCUT2D eigenvalue weighted by molar-refractivity contribution is 7.35. The molecule has 1 unspecified atom stereocenters. The second-order valence-electron chi connectivity index (χ2n) is 3.46. The van der Waals surface area contributed by atoms with Gasteiger partial charge in [0.2, 0.25) is 4.88 Å². The van der Waals surface area contributed by atoms with Crippen LogP contribution in [0.2, 0.25) is 0 Å². The normalized spacial score (nSPS) is 11.5. The van der Waals surface area contributed by atoms with Crippen LogP contribution in [0.4, 0.5) is 5.13 Å². The van der Waals surface area contributed by atoms with Gasteiger partial charge in [0.05, 0.1) is 0 Å². The van der Waals surface area contributed by atoms with Crippen LogP contribution in [0.25, 0.3) is 11.3 Å². The zero-order valence-corrected chi connectivity index (χ0v) is 10.2. The summed E-state index contributed by atoms with van der Waals surface area (Å²) >= 11 is 0. The zero-order valence-electron chi connectivity index (χ0n) is 9.34. The number of carboxylic acid groups (broad SMARTS) is 1. The Morgan fingerprint density at radius 2 is 2.06 bits per heavy atom. The second kappa shape index (κ2) is 4.55. The molecule has 1 atom stereocenters. The minimum Gasteiger partial charge on any atom is -0.540 e. The molecule has 1 aromatic carbocycles. The maximum Gasteiger partial charge on any atom is 0.338 e. The Kier molecular flexibility index (Phi) is 3.10. The highest BCUT2D eigenvalue weighted by Crippen LogP contribution is 2.38. The predicted octanol–water partition coefficient (Wildman–Crippen LogP) is 1.46. The van der Waals surface area contributed by atoms with E-state index in [0.717, 1.165) is 5.56 Å². The smallest absolute Gasteiger partial charge is 0.338 e. The van der Waals surface area contributed by atoms with Gasteiger partial charge in [0.25, 0.3) is 0 Å². The van der Waals surface area contributed by atoms with E-state index in [2.05, 4.69) is 4.98 Å². The first-order valence-electron chi connectivity index (χ1n) is 5.21. The number of aromatic nitrogens is 1. The quantitative estimate of drug-likeness (QED) is 0.834. The van der Waals surface area contributed by atoms with Crippen molar-refractivity contribution < 1.29 is 9.90 Å². The summed E-state index contributed by atoms with van der Waals surface area (Å²) in [6.07, 6.45) is 0. The lowest BCUT2D eigenvalue weighted by atomic mass is 10.1. The maximum absolute atomic E-state index is 11.2. The summed E-state index contributed by atoms with van der Waals surface area (Å²) in [5, 5.41) is 11.6. The third-order valence-electron chi connectivity index (χ3n) is 2.46. The van der Waals surface area contributed by atoms with Crippen LogP contribution < -0.4 is 10.8 Å². The Morgan fingerprint density at radius 3 is 2.59 bits per heavy atom. The first-order chi connectivity index (χ1) is 8.15. The van der Waals surface area contributed by atoms with E-state index < -0.39 is 16.4 Å². The Labute approximate surface area is 102 Å². The third-order valence-corrected chi connectivity index (χ3v) is 4.48. The molecule has 1 aromatic heterocycles. The molecule has 2 aromatic rings. The van der Waals surface area contributed by atoms with Gasteiger partial charge in [-0.15, -0.1) is 0 Å². The first-order valence-corrected chi connectivity index (χ1v) is 6.60. The number of nitrogens with zero attached hydrogens (tertiary/aromatic N) is 1. The zero-order chi connectivity index (χ0) is 12.4. The number of carbonyl (C=O) groups is 1. The van der Waals surface area contributed by atoms with Gasteiger partial charge in [0.1, 0.15) is 17.4 Å². The summed E-state index contributed by atoms with van der Waals surface area (Å²) in [6, 6.07) is 9.17. The third kappa shape index (κ3) is 2.01. The molecule has 0 aliphatic heterocycles. The van der Waals surface area contributed by atoms with Crippen LogP contribution in [0.15, 0.2) is 30.3 Å². The fourth-order valence-corrected chi connectivity index (χ4v) is 3.31. The molecular weight excluding hydrogens is 236 g/mol. The van der Waals surface area contributed by atoms with Gasteiger partial charge in [-0.05, 0) is 6.92 Å². The number of thiazole rings is 1. The molecule has 0 saturated carbocycles. The largest absolute Gasteiger partial charge is 0.540 e. The van der Waals surface area contributed by atoms with Crippen molar-refractivity contribution >= 4 is 21.6 Å².